The van der Waals surface area contributed by atoms with Crippen molar-refractivity contribution in [1.29, 1.82) is 0 Å². The van der Waals surface area contributed by atoms with Crippen molar-refractivity contribution >= 4 is 28.4 Å². The number of para-hydroxylation sites is 1. The second-order valence-electron chi connectivity index (χ2n) is 7.06. The van der Waals surface area contributed by atoms with Gasteiger partial charge in [0, 0.05) is 11.6 Å². The first-order chi connectivity index (χ1) is 14.0. The van der Waals surface area contributed by atoms with Crippen LogP contribution in [-0.2, 0) is 0 Å². The molecule has 0 radical (unpaired) electrons. The first-order valence-corrected chi connectivity index (χ1v) is 9.38. The lowest BCUT2D eigenvalue weighted by Gasteiger charge is -2.07. The fourth-order valence-corrected chi connectivity index (χ4v) is 2.95. The molecule has 0 fully saturated rings. The van der Waals surface area contributed by atoms with Gasteiger partial charge in [0.05, 0.1) is 5.69 Å². The molecule has 0 aliphatic rings. The highest BCUT2D eigenvalue weighted by molar-refractivity contribution is 6.04. The lowest BCUT2D eigenvalue weighted by atomic mass is 10.1. The molecule has 4 rings (SSSR count). The van der Waals surface area contributed by atoms with Gasteiger partial charge in [-0.3, -0.25) is 4.79 Å². The predicted octanol–water partition coefficient (Wildman–Crippen LogP) is 5.24. The van der Waals surface area contributed by atoms with Crippen LogP contribution in [0.25, 0.3) is 11.0 Å². The third-order valence-electron chi connectivity index (χ3n) is 4.77. The molecule has 2 aromatic carbocycles. The average molecular weight is 383 g/mol. The van der Waals surface area contributed by atoms with Crippen molar-refractivity contribution in [3.05, 3.63) is 94.7 Å². The van der Waals surface area contributed by atoms with Gasteiger partial charge in [-0.05, 0) is 67.8 Å². The SMILES string of the molecule is Cc1ccc(NC(=O)c2cc3ccccc3oc2=Nc2ccc(C)c(C)c2)nc1. The van der Waals surface area contributed by atoms with E-state index in [4.69, 9.17) is 4.42 Å². The Balaban J connectivity index is 1.83. The highest BCUT2D eigenvalue weighted by Crippen LogP contribution is 2.18. The summed E-state index contributed by atoms with van der Waals surface area (Å²) in [7, 11) is 0. The summed E-state index contributed by atoms with van der Waals surface area (Å²) >= 11 is 0. The van der Waals surface area contributed by atoms with Crippen molar-refractivity contribution in [1.82, 2.24) is 4.98 Å². The minimum atomic E-state index is -0.321. The summed E-state index contributed by atoms with van der Waals surface area (Å²) in [5, 5.41) is 3.65. The number of aromatic nitrogens is 1. The third-order valence-corrected chi connectivity index (χ3v) is 4.77. The summed E-state index contributed by atoms with van der Waals surface area (Å²) in [4.78, 5) is 21.9. The maximum Gasteiger partial charge on any atom is 0.262 e. The molecule has 5 nitrogen and oxygen atoms in total. The molecular formula is C24H21N3O2. The summed E-state index contributed by atoms with van der Waals surface area (Å²) in [6.45, 7) is 6.02. The van der Waals surface area contributed by atoms with E-state index in [-0.39, 0.29) is 11.5 Å². The van der Waals surface area contributed by atoms with Gasteiger partial charge in [0.15, 0.2) is 0 Å². The van der Waals surface area contributed by atoms with Gasteiger partial charge >= 0.3 is 0 Å². The molecule has 0 spiro atoms. The van der Waals surface area contributed by atoms with E-state index in [1.807, 2.05) is 69.3 Å². The van der Waals surface area contributed by atoms with E-state index < -0.39 is 0 Å². The predicted molar refractivity (Wildman–Crippen MR) is 114 cm³/mol. The van der Waals surface area contributed by atoms with Crippen LogP contribution in [0.5, 0.6) is 0 Å². The molecule has 0 atom stereocenters. The zero-order chi connectivity index (χ0) is 20.4. The number of nitrogens with one attached hydrogen (secondary N) is 1. The van der Waals surface area contributed by atoms with E-state index in [1.54, 1.807) is 18.3 Å². The number of aryl methyl sites for hydroxylation is 3. The van der Waals surface area contributed by atoms with Crippen LogP contribution in [0, 0.1) is 20.8 Å². The van der Waals surface area contributed by atoms with Crippen molar-refractivity contribution in [2.24, 2.45) is 4.99 Å². The van der Waals surface area contributed by atoms with Gasteiger partial charge in [-0.1, -0.05) is 30.3 Å². The van der Waals surface area contributed by atoms with Crippen LogP contribution >= 0.6 is 0 Å². The summed E-state index contributed by atoms with van der Waals surface area (Å²) < 4.78 is 6.00. The van der Waals surface area contributed by atoms with Crippen molar-refractivity contribution in [2.45, 2.75) is 20.8 Å². The number of amides is 1. The molecule has 144 valence electrons. The standard InChI is InChI=1S/C24H21N3O2/c1-15-8-11-22(25-14-15)27-23(28)20-13-18-6-4-5-7-21(18)29-24(20)26-19-10-9-16(2)17(3)12-19/h4-14H,1-3H3,(H,25,27,28). The number of carbonyl (C=O) groups excluding carboxylic acids is 1. The van der Waals surface area contributed by atoms with E-state index in [0.717, 1.165) is 22.2 Å². The maximum absolute atomic E-state index is 13.0. The number of pyridine rings is 1. The number of anilines is 1. The minimum absolute atomic E-state index is 0.261. The first-order valence-electron chi connectivity index (χ1n) is 9.38. The van der Waals surface area contributed by atoms with Crippen LogP contribution in [0.3, 0.4) is 0 Å². The summed E-state index contributed by atoms with van der Waals surface area (Å²) in [5.74, 6) is 0.157. The Labute approximate surface area is 168 Å². The molecule has 0 aliphatic heterocycles. The Morgan fingerprint density at radius 3 is 2.55 bits per heavy atom. The lowest BCUT2D eigenvalue weighted by Crippen LogP contribution is -2.22. The molecule has 2 aromatic heterocycles. The zero-order valence-electron chi connectivity index (χ0n) is 16.6. The second-order valence-corrected chi connectivity index (χ2v) is 7.06. The van der Waals surface area contributed by atoms with Crippen molar-refractivity contribution in [2.75, 3.05) is 5.32 Å². The molecule has 1 amide bonds. The molecular weight excluding hydrogens is 362 g/mol. The Hall–Kier alpha value is -3.73. The highest BCUT2D eigenvalue weighted by atomic mass is 16.3. The van der Waals surface area contributed by atoms with Crippen LogP contribution < -0.4 is 10.9 Å². The largest absolute Gasteiger partial charge is 0.438 e. The Morgan fingerprint density at radius 2 is 1.79 bits per heavy atom. The normalized spacial score (nSPS) is 11.6. The monoisotopic (exact) mass is 383 g/mol. The van der Waals surface area contributed by atoms with E-state index >= 15 is 0 Å². The van der Waals surface area contributed by atoms with E-state index in [1.165, 1.54) is 5.56 Å². The van der Waals surface area contributed by atoms with Gasteiger partial charge in [-0.2, -0.15) is 0 Å². The summed E-state index contributed by atoms with van der Waals surface area (Å²) in [6.07, 6.45) is 1.71. The molecule has 4 aromatic rings. The maximum atomic E-state index is 13.0. The molecule has 1 N–H and O–H groups in total. The number of carbonyl (C=O) groups is 1. The van der Waals surface area contributed by atoms with Gasteiger partial charge in [-0.25, -0.2) is 9.98 Å². The van der Waals surface area contributed by atoms with Crippen LogP contribution in [0.4, 0.5) is 11.5 Å². The average Bonchev–Trinajstić information content (AvgIpc) is 2.72. The number of rotatable bonds is 3. The molecule has 0 bridgehead atoms. The van der Waals surface area contributed by atoms with Crippen LogP contribution in [0.1, 0.15) is 27.0 Å². The molecule has 2 heterocycles. The van der Waals surface area contributed by atoms with Gasteiger partial charge in [0.1, 0.15) is 17.0 Å². The number of hydrogen-bond acceptors (Lipinski definition) is 4. The Morgan fingerprint density at radius 1 is 0.966 bits per heavy atom. The van der Waals surface area contributed by atoms with Gasteiger partial charge < -0.3 is 9.73 Å². The van der Waals surface area contributed by atoms with Crippen molar-refractivity contribution in [3.8, 4) is 0 Å². The topological polar surface area (TPSA) is 67.5 Å². The van der Waals surface area contributed by atoms with Crippen LogP contribution in [0.15, 0.2) is 76.3 Å². The molecule has 5 heteroatoms. The van der Waals surface area contributed by atoms with Crippen LogP contribution in [0.2, 0.25) is 0 Å². The highest BCUT2D eigenvalue weighted by Gasteiger charge is 2.13. The summed E-state index contributed by atoms with van der Waals surface area (Å²) in [6, 6.07) is 18.9. The third kappa shape index (κ3) is 4.09. The Kier molecular flexibility index (Phi) is 4.96. The molecule has 29 heavy (non-hydrogen) atoms. The smallest absolute Gasteiger partial charge is 0.262 e. The number of nitrogens with zero attached hydrogens (tertiary/aromatic N) is 2. The van der Waals surface area contributed by atoms with Crippen LogP contribution in [-0.4, -0.2) is 10.9 Å². The molecule has 0 aliphatic carbocycles. The fourth-order valence-electron chi connectivity index (χ4n) is 2.95. The number of benzene rings is 2. The molecule has 0 saturated carbocycles. The minimum Gasteiger partial charge on any atom is -0.438 e. The first kappa shape index (κ1) is 18.6. The van der Waals surface area contributed by atoms with Gasteiger partial charge in [0.25, 0.3) is 5.91 Å². The quantitative estimate of drug-likeness (QED) is 0.526. The Bertz CT molecular complexity index is 1270. The van der Waals surface area contributed by atoms with Gasteiger partial charge in [0.2, 0.25) is 5.55 Å². The molecule has 0 unspecified atom stereocenters. The number of hydrogen-bond donors (Lipinski definition) is 1. The van der Waals surface area contributed by atoms with Crippen molar-refractivity contribution < 1.29 is 9.21 Å². The second kappa shape index (κ2) is 7.72. The summed E-state index contributed by atoms with van der Waals surface area (Å²) in [5.41, 5.74) is 5.34. The zero-order valence-corrected chi connectivity index (χ0v) is 16.6. The number of fused-ring (bicyclic) bond motifs is 1. The van der Waals surface area contributed by atoms with Gasteiger partial charge in [-0.15, -0.1) is 0 Å². The van der Waals surface area contributed by atoms with E-state index in [2.05, 4.69) is 15.3 Å². The van der Waals surface area contributed by atoms with E-state index in [0.29, 0.717) is 17.0 Å². The molecule has 0 saturated heterocycles. The van der Waals surface area contributed by atoms with Crippen molar-refractivity contribution in [3.63, 3.8) is 0 Å². The lowest BCUT2D eigenvalue weighted by molar-refractivity contribution is 0.102. The fraction of sp³-hybridized carbons (Fsp3) is 0.125. The van der Waals surface area contributed by atoms with E-state index in [9.17, 15) is 4.79 Å².